The summed E-state index contributed by atoms with van der Waals surface area (Å²) in [6, 6.07) is 0.396. The normalized spacial score (nSPS) is 27.0. The molecule has 4 heteroatoms. The van der Waals surface area contributed by atoms with E-state index >= 15 is 0 Å². The van der Waals surface area contributed by atoms with Crippen LogP contribution in [-0.4, -0.2) is 27.9 Å². The molecule has 1 N–H and O–H groups in total. The van der Waals surface area contributed by atoms with Gasteiger partial charge in [-0.1, -0.05) is 0 Å². The summed E-state index contributed by atoms with van der Waals surface area (Å²) >= 11 is 0. The predicted molar refractivity (Wildman–Crippen MR) is 51.8 cm³/mol. The van der Waals surface area contributed by atoms with E-state index in [1.54, 1.807) is 13.4 Å². The molecule has 78 valence electrons. The first kappa shape index (κ1) is 9.68. The van der Waals surface area contributed by atoms with Crippen LogP contribution < -0.4 is 0 Å². The molecule has 0 aromatic carbocycles. The minimum Gasteiger partial charge on any atom is -0.390 e. The first-order valence-electron chi connectivity index (χ1n) is 5.01. The maximum absolute atomic E-state index is 8.91. The summed E-state index contributed by atoms with van der Waals surface area (Å²) < 4.78 is 7.47. The molecule has 14 heavy (non-hydrogen) atoms. The molecule has 0 radical (unpaired) electrons. The second-order valence-corrected chi connectivity index (χ2v) is 3.74. The number of rotatable bonds is 3. The summed E-state index contributed by atoms with van der Waals surface area (Å²) in [7, 11) is 1.76. The molecule has 0 bridgehead atoms. The van der Waals surface area contributed by atoms with Crippen LogP contribution in [-0.2, 0) is 11.3 Å². The number of imidazole rings is 1. The highest BCUT2D eigenvalue weighted by Crippen LogP contribution is 2.31. The summed E-state index contributed by atoms with van der Waals surface area (Å²) in [5.41, 5.74) is 0.728. The van der Waals surface area contributed by atoms with Gasteiger partial charge in [0.05, 0.1) is 30.8 Å². The van der Waals surface area contributed by atoms with Crippen LogP contribution in [0.2, 0.25) is 0 Å². The Bertz CT molecular complexity index is 298. The Hall–Kier alpha value is -0.870. The van der Waals surface area contributed by atoms with Crippen molar-refractivity contribution in [2.45, 2.75) is 38.0 Å². The van der Waals surface area contributed by atoms with Crippen molar-refractivity contribution >= 4 is 0 Å². The molecule has 2 atom stereocenters. The SMILES string of the molecule is COC1CCCC1n1cnc(CO)c1. The summed E-state index contributed by atoms with van der Waals surface area (Å²) in [6.45, 7) is 0.0113. The lowest BCUT2D eigenvalue weighted by Gasteiger charge is -2.19. The van der Waals surface area contributed by atoms with Gasteiger partial charge in [0.2, 0.25) is 0 Å². The highest BCUT2D eigenvalue weighted by atomic mass is 16.5. The summed E-state index contributed by atoms with van der Waals surface area (Å²) in [4.78, 5) is 4.11. The number of hydrogen-bond acceptors (Lipinski definition) is 3. The van der Waals surface area contributed by atoms with Gasteiger partial charge in [-0.15, -0.1) is 0 Å². The average molecular weight is 196 g/mol. The fourth-order valence-electron chi connectivity index (χ4n) is 2.17. The number of aromatic nitrogens is 2. The third kappa shape index (κ3) is 1.67. The van der Waals surface area contributed by atoms with Crippen LogP contribution in [0.15, 0.2) is 12.5 Å². The maximum Gasteiger partial charge on any atom is 0.0953 e. The lowest BCUT2D eigenvalue weighted by Crippen LogP contribution is -2.19. The van der Waals surface area contributed by atoms with Crippen molar-refractivity contribution < 1.29 is 9.84 Å². The smallest absolute Gasteiger partial charge is 0.0953 e. The van der Waals surface area contributed by atoms with Gasteiger partial charge in [-0.25, -0.2) is 4.98 Å². The molecule has 1 saturated carbocycles. The quantitative estimate of drug-likeness (QED) is 0.788. The number of hydrogen-bond donors (Lipinski definition) is 1. The molecular weight excluding hydrogens is 180 g/mol. The van der Waals surface area contributed by atoms with E-state index in [0.29, 0.717) is 12.1 Å². The van der Waals surface area contributed by atoms with Crippen molar-refractivity contribution in [3.63, 3.8) is 0 Å². The van der Waals surface area contributed by atoms with Crippen molar-refractivity contribution in [3.05, 3.63) is 18.2 Å². The lowest BCUT2D eigenvalue weighted by atomic mass is 10.2. The highest BCUT2D eigenvalue weighted by molar-refractivity contribution is 4.98. The van der Waals surface area contributed by atoms with Gasteiger partial charge in [0.1, 0.15) is 0 Å². The van der Waals surface area contributed by atoms with Crippen molar-refractivity contribution in [3.8, 4) is 0 Å². The van der Waals surface area contributed by atoms with E-state index in [4.69, 9.17) is 9.84 Å². The molecule has 0 spiro atoms. The molecular formula is C10H16N2O2. The van der Waals surface area contributed by atoms with Crippen LogP contribution in [0, 0.1) is 0 Å². The van der Waals surface area contributed by atoms with E-state index in [1.807, 2.05) is 6.20 Å². The fourth-order valence-corrected chi connectivity index (χ4v) is 2.17. The Morgan fingerprint density at radius 3 is 3.14 bits per heavy atom. The molecule has 1 fully saturated rings. The maximum atomic E-state index is 8.91. The zero-order chi connectivity index (χ0) is 9.97. The first-order chi connectivity index (χ1) is 6.85. The van der Waals surface area contributed by atoms with Crippen molar-refractivity contribution in [2.24, 2.45) is 0 Å². The Balaban J connectivity index is 2.13. The average Bonchev–Trinajstić information content (AvgIpc) is 2.85. The van der Waals surface area contributed by atoms with Gasteiger partial charge >= 0.3 is 0 Å². The van der Waals surface area contributed by atoms with E-state index in [1.165, 1.54) is 6.42 Å². The number of aliphatic hydroxyl groups is 1. The Kier molecular flexibility index (Phi) is 2.84. The first-order valence-corrected chi connectivity index (χ1v) is 5.01. The van der Waals surface area contributed by atoms with Crippen molar-refractivity contribution in [2.75, 3.05) is 7.11 Å². The predicted octanol–water partition coefficient (Wildman–Crippen LogP) is 1.12. The molecule has 4 nitrogen and oxygen atoms in total. The van der Waals surface area contributed by atoms with Gasteiger partial charge < -0.3 is 14.4 Å². The molecule has 1 aliphatic rings. The molecule has 1 aromatic heterocycles. The summed E-state index contributed by atoms with van der Waals surface area (Å²) in [5, 5.41) is 8.91. The van der Waals surface area contributed by atoms with E-state index < -0.39 is 0 Å². The highest BCUT2D eigenvalue weighted by Gasteiger charge is 2.28. The topological polar surface area (TPSA) is 47.3 Å². The molecule has 0 aliphatic heterocycles. The monoisotopic (exact) mass is 196 g/mol. The Morgan fingerprint density at radius 1 is 1.64 bits per heavy atom. The largest absolute Gasteiger partial charge is 0.390 e. The Morgan fingerprint density at radius 2 is 2.50 bits per heavy atom. The second kappa shape index (κ2) is 4.11. The van der Waals surface area contributed by atoms with Gasteiger partial charge in [-0.3, -0.25) is 0 Å². The standard InChI is InChI=1S/C10H16N2O2/c1-14-10-4-2-3-9(10)12-5-8(6-13)11-7-12/h5,7,9-10,13H,2-4,6H2,1H3. The van der Waals surface area contributed by atoms with Crippen LogP contribution >= 0.6 is 0 Å². The number of methoxy groups -OCH3 is 1. The van der Waals surface area contributed by atoms with Crippen LogP contribution in [0.1, 0.15) is 31.0 Å². The lowest BCUT2D eigenvalue weighted by molar-refractivity contribution is 0.0749. The van der Waals surface area contributed by atoms with Crippen molar-refractivity contribution in [1.82, 2.24) is 9.55 Å². The van der Waals surface area contributed by atoms with Crippen LogP contribution in [0.25, 0.3) is 0 Å². The van der Waals surface area contributed by atoms with Crippen LogP contribution in [0.5, 0.6) is 0 Å². The number of nitrogens with zero attached hydrogens (tertiary/aromatic N) is 2. The minimum atomic E-state index is 0.0113. The molecule has 1 heterocycles. The molecule has 2 rings (SSSR count). The molecule has 2 unspecified atom stereocenters. The van der Waals surface area contributed by atoms with Crippen molar-refractivity contribution in [1.29, 1.82) is 0 Å². The van der Waals surface area contributed by atoms with E-state index in [2.05, 4.69) is 9.55 Å². The molecule has 0 saturated heterocycles. The second-order valence-electron chi connectivity index (χ2n) is 3.74. The van der Waals surface area contributed by atoms with Gasteiger partial charge in [-0.2, -0.15) is 0 Å². The number of ether oxygens (including phenoxy) is 1. The van der Waals surface area contributed by atoms with E-state index in [0.717, 1.165) is 18.5 Å². The zero-order valence-corrected chi connectivity index (χ0v) is 8.39. The van der Waals surface area contributed by atoms with Gasteiger partial charge in [0.15, 0.2) is 0 Å². The molecule has 1 aliphatic carbocycles. The fraction of sp³-hybridized carbons (Fsp3) is 0.700. The van der Waals surface area contributed by atoms with Gasteiger partial charge in [0.25, 0.3) is 0 Å². The van der Waals surface area contributed by atoms with Crippen LogP contribution in [0.4, 0.5) is 0 Å². The zero-order valence-electron chi connectivity index (χ0n) is 8.39. The Labute approximate surface area is 83.5 Å². The van der Waals surface area contributed by atoms with E-state index in [-0.39, 0.29) is 6.61 Å². The minimum absolute atomic E-state index is 0.0113. The summed E-state index contributed by atoms with van der Waals surface area (Å²) in [6.07, 6.45) is 7.45. The van der Waals surface area contributed by atoms with E-state index in [9.17, 15) is 0 Å². The number of aliphatic hydroxyl groups excluding tert-OH is 1. The molecule has 0 amide bonds. The van der Waals surface area contributed by atoms with Gasteiger partial charge in [0, 0.05) is 13.3 Å². The molecule has 1 aromatic rings. The summed E-state index contributed by atoms with van der Waals surface area (Å²) in [5.74, 6) is 0. The van der Waals surface area contributed by atoms with Gasteiger partial charge in [-0.05, 0) is 19.3 Å². The van der Waals surface area contributed by atoms with Crippen LogP contribution in [0.3, 0.4) is 0 Å². The third-order valence-electron chi connectivity index (χ3n) is 2.92. The third-order valence-corrected chi connectivity index (χ3v) is 2.92.